The van der Waals surface area contributed by atoms with Gasteiger partial charge >= 0.3 is 0 Å². The fourth-order valence-corrected chi connectivity index (χ4v) is 2.68. The van der Waals surface area contributed by atoms with Crippen LogP contribution in [0.15, 0.2) is 24.8 Å². The number of thiazole rings is 1. The molecule has 1 amide bonds. The van der Waals surface area contributed by atoms with E-state index in [-0.39, 0.29) is 5.91 Å². The van der Waals surface area contributed by atoms with Crippen LogP contribution in [0.5, 0.6) is 0 Å². The van der Waals surface area contributed by atoms with Crippen LogP contribution in [0.2, 0.25) is 0 Å². The lowest BCUT2D eigenvalue weighted by atomic mass is 10.2. The predicted octanol–water partition coefficient (Wildman–Crippen LogP) is 4.25. The van der Waals surface area contributed by atoms with Crippen molar-refractivity contribution in [2.75, 3.05) is 0 Å². The molecule has 1 saturated carbocycles. The van der Waals surface area contributed by atoms with Crippen molar-refractivity contribution < 1.29 is 4.79 Å². The number of carbonyl (C=O) groups excluding carboxylic acids is 1. The second kappa shape index (κ2) is 6.18. The smallest absolute Gasteiger partial charge is 0.251 e. The maximum Gasteiger partial charge on any atom is 0.251 e. The molecule has 106 valence electrons. The molecule has 0 saturated heterocycles. The van der Waals surface area contributed by atoms with Crippen LogP contribution in [-0.2, 0) is 0 Å². The van der Waals surface area contributed by atoms with Crippen molar-refractivity contribution in [1.29, 1.82) is 0 Å². The van der Waals surface area contributed by atoms with E-state index in [0.29, 0.717) is 11.6 Å². The van der Waals surface area contributed by atoms with Crippen LogP contribution in [-0.4, -0.2) is 16.9 Å². The minimum absolute atomic E-state index is 0.0182. The normalized spacial score (nSPS) is 13.6. The molecule has 0 spiro atoms. The van der Waals surface area contributed by atoms with E-state index in [4.69, 9.17) is 0 Å². The molecule has 3 nitrogen and oxygen atoms in total. The molecule has 1 N–H and O–H groups in total. The zero-order valence-electron chi connectivity index (χ0n) is 12.2. The molecule has 20 heavy (non-hydrogen) atoms. The number of fused-ring (bicyclic) bond motifs is 1. The summed E-state index contributed by atoms with van der Waals surface area (Å²) in [7, 11) is 0. The zero-order valence-corrected chi connectivity index (χ0v) is 13.0. The van der Waals surface area contributed by atoms with Gasteiger partial charge < -0.3 is 5.32 Å². The number of hydrogen-bond acceptors (Lipinski definition) is 3. The maximum atomic E-state index is 11.9. The van der Waals surface area contributed by atoms with Gasteiger partial charge in [0.2, 0.25) is 0 Å². The third kappa shape index (κ3) is 3.25. The summed E-state index contributed by atoms with van der Waals surface area (Å²) in [6, 6.07) is 6.04. The molecule has 1 aromatic heterocycles. The Morgan fingerprint density at radius 3 is 2.70 bits per heavy atom. The van der Waals surface area contributed by atoms with Crippen molar-refractivity contribution >= 4 is 33.0 Å². The van der Waals surface area contributed by atoms with Crippen molar-refractivity contribution in [1.82, 2.24) is 10.3 Å². The molecular weight excluding hydrogens is 268 g/mol. The average molecular weight is 288 g/mol. The molecule has 4 heteroatoms. The van der Waals surface area contributed by atoms with Gasteiger partial charge in [0, 0.05) is 11.6 Å². The lowest BCUT2D eigenvalue weighted by Crippen LogP contribution is -2.25. The quantitative estimate of drug-likeness (QED) is 0.917. The Balaban J connectivity index is 0.000000704. The Labute approximate surface area is 123 Å². The van der Waals surface area contributed by atoms with Crippen LogP contribution in [0.3, 0.4) is 0 Å². The standard InChI is InChI=1S/C14H14N2OS.C2H6/c1-8(2)14-16-11-6-3-9(7-12(11)18-14)13(17)15-10-4-5-10;1-2/h3,6-7,10H,1,4-5H2,2H3,(H,15,17);1-2H3. The highest BCUT2D eigenvalue weighted by molar-refractivity contribution is 7.19. The van der Waals surface area contributed by atoms with Gasteiger partial charge in [0.05, 0.1) is 10.2 Å². The van der Waals surface area contributed by atoms with E-state index in [1.54, 1.807) is 11.3 Å². The Kier molecular flexibility index (Phi) is 4.55. The molecule has 1 aliphatic rings. The van der Waals surface area contributed by atoms with Gasteiger partial charge in [-0.25, -0.2) is 4.98 Å². The third-order valence-corrected chi connectivity index (χ3v) is 4.11. The fourth-order valence-electron chi connectivity index (χ4n) is 1.74. The number of allylic oxidation sites excluding steroid dienone is 1. The average Bonchev–Trinajstić information content (AvgIpc) is 3.15. The minimum atomic E-state index is 0.0182. The molecule has 0 aliphatic heterocycles. The Hall–Kier alpha value is -1.68. The SMILES string of the molecule is C=C(C)c1nc2ccc(C(=O)NC3CC3)cc2s1.CC. The monoisotopic (exact) mass is 288 g/mol. The van der Waals surface area contributed by atoms with Gasteiger partial charge in [0.25, 0.3) is 5.91 Å². The van der Waals surface area contributed by atoms with E-state index in [9.17, 15) is 4.79 Å². The van der Waals surface area contributed by atoms with Gasteiger partial charge in [0.1, 0.15) is 5.01 Å². The third-order valence-electron chi connectivity index (χ3n) is 2.93. The van der Waals surface area contributed by atoms with E-state index in [2.05, 4.69) is 16.9 Å². The first-order valence-electron chi connectivity index (χ1n) is 7.01. The van der Waals surface area contributed by atoms with E-state index in [1.165, 1.54) is 0 Å². The number of nitrogens with zero attached hydrogens (tertiary/aromatic N) is 1. The number of amides is 1. The molecule has 1 aromatic carbocycles. The van der Waals surface area contributed by atoms with Crippen LogP contribution in [0.4, 0.5) is 0 Å². The van der Waals surface area contributed by atoms with Crippen LogP contribution < -0.4 is 5.32 Å². The summed E-state index contributed by atoms with van der Waals surface area (Å²) in [4.78, 5) is 16.4. The van der Waals surface area contributed by atoms with Gasteiger partial charge in [0.15, 0.2) is 0 Å². The predicted molar refractivity (Wildman–Crippen MR) is 86.2 cm³/mol. The first-order valence-corrected chi connectivity index (χ1v) is 7.82. The highest BCUT2D eigenvalue weighted by Crippen LogP contribution is 2.27. The highest BCUT2D eigenvalue weighted by atomic mass is 32.1. The van der Waals surface area contributed by atoms with Crippen molar-refractivity contribution in [3.63, 3.8) is 0 Å². The number of hydrogen-bond donors (Lipinski definition) is 1. The summed E-state index contributed by atoms with van der Waals surface area (Å²) in [6.07, 6.45) is 2.21. The van der Waals surface area contributed by atoms with Crippen LogP contribution in [0, 0.1) is 0 Å². The minimum Gasteiger partial charge on any atom is -0.349 e. The van der Waals surface area contributed by atoms with Gasteiger partial charge in [-0.3, -0.25) is 4.79 Å². The van der Waals surface area contributed by atoms with Gasteiger partial charge in [-0.2, -0.15) is 0 Å². The highest BCUT2D eigenvalue weighted by Gasteiger charge is 2.23. The number of nitrogens with one attached hydrogen (secondary N) is 1. The second-order valence-corrected chi connectivity index (χ2v) is 5.76. The van der Waals surface area contributed by atoms with Crippen molar-refractivity contribution in [2.45, 2.75) is 39.7 Å². The number of rotatable bonds is 3. The topological polar surface area (TPSA) is 42.0 Å². The Bertz CT molecular complexity index is 641. The number of aromatic nitrogens is 1. The molecule has 0 radical (unpaired) electrons. The summed E-state index contributed by atoms with van der Waals surface area (Å²) in [5.74, 6) is 0.0182. The first-order chi connectivity index (χ1) is 9.63. The number of benzene rings is 1. The van der Waals surface area contributed by atoms with E-state index in [1.807, 2.05) is 39.0 Å². The van der Waals surface area contributed by atoms with Crippen LogP contribution >= 0.6 is 11.3 Å². The number of carbonyl (C=O) groups is 1. The van der Waals surface area contributed by atoms with Crippen LogP contribution in [0.1, 0.15) is 49.0 Å². The van der Waals surface area contributed by atoms with Gasteiger partial charge in [-0.1, -0.05) is 20.4 Å². The molecule has 0 atom stereocenters. The summed E-state index contributed by atoms with van der Waals surface area (Å²) < 4.78 is 1.04. The lowest BCUT2D eigenvalue weighted by Gasteiger charge is -2.02. The van der Waals surface area contributed by atoms with Crippen molar-refractivity contribution in [3.05, 3.63) is 35.3 Å². The molecule has 0 unspecified atom stereocenters. The van der Waals surface area contributed by atoms with E-state index >= 15 is 0 Å². The molecule has 2 aromatic rings. The van der Waals surface area contributed by atoms with E-state index < -0.39 is 0 Å². The fraction of sp³-hybridized carbons (Fsp3) is 0.375. The van der Waals surface area contributed by atoms with Gasteiger partial charge in [-0.15, -0.1) is 11.3 Å². The molecule has 1 aliphatic carbocycles. The largest absolute Gasteiger partial charge is 0.349 e. The summed E-state index contributed by atoms with van der Waals surface area (Å²) in [5.41, 5.74) is 2.60. The summed E-state index contributed by atoms with van der Waals surface area (Å²) in [5, 5.41) is 3.93. The van der Waals surface area contributed by atoms with E-state index in [0.717, 1.165) is 33.6 Å². The second-order valence-electron chi connectivity index (χ2n) is 4.73. The summed E-state index contributed by atoms with van der Waals surface area (Å²) in [6.45, 7) is 9.84. The Morgan fingerprint density at radius 1 is 1.40 bits per heavy atom. The van der Waals surface area contributed by atoms with Gasteiger partial charge in [-0.05, 0) is 43.5 Å². The maximum absolute atomic E-state index is 11.9. The lowest BCUT2D eigenvalue weighted by molar-refractivity contribution is 0.0951. The molecule has 3 rings (SSSR count). The molecule has 1 fully saturated rings. The molecule has 1 heterocycles. The molecular formula is C16H20N2OS. The first kappa shape index (κ1) is 14.7. The van der Waals surface area contributed by atoms with Crippen LogP contribution in [0.25, 0.3) is 15.8 Å². The summed E-state index contributed by atoms with van der Waals surface area (Å²) >= 11 is 1.58. The van der Waals surface area contributed by atoms with Crippen molar-refractivity contribution in [3.8, 4) is 0 Å². The van der Waals surface area contributed by atoms with Crippen molar-refractivity contribution in [2.24, 2.45) is 0 Å². The zero-order chi connectivity index (χ0) is 14.7. The molecule has 0 bridgehead atoms. The Morgan fingerprint density at radius 2 is 2.10 bits per heavy atom.